The van der Waals surface area contributed by atoms with E-state index in [0.717, 1.165) is 0 Å². The van der Waals surface area contributed by atoms with Crippen LogP contribution in [0.5, 0.6) is 0 Å². The summed E-state index contributed by atoms with van der Waals surface area (Å²) in [5.41, 5.74) is 0. The maximum absolute atomic E-state index is 9.76. The van der Waals surface area contributed by atoms with Crippen LogP contribution in [-0.4, -0.2) is 69.2 Å². The monoisotopic (exact) mass is 296 g/mol. The molecule has 104 valence electrons. The van der Waals surface area contributed by atoms with Crippen LogP contribution in [0.2, 0.25) is 0 Å². The minimum absolute atomic E-state index is 0.0869. The van der Waals surface area contributed by atoms with Crippen molar-refractivity contribution in [2.24, 2.45) is 0 Å². The van der Waals surface area contributed by atoms with Gasteiger partial charge >= 0.3 is 22.7 Å². The maximum atomic E-state index is 9.76. The molecule has 0 aromatic heterocycles. The van der Waals surface area contributed by atoms with Crippen LogP contribution in [0.4, 0.5) is 0 Å². The maximum Gasteiger partial charge on any atom is 0.317 e. The second-order valence-corrected chi connectivity index (χ2v) is 3.78. The average Bonchev–Trinajstić information content (AvgIpc) is 2.24. The van der Waals surface area contributed by atoms with Gasteiger partial charge in [-0.2, -0.15) is 8.42 Å². The van der Waals surface area contributed by atoms with Crippen LogP contribution in [0.25, 0.3) is 0 Å². The van der Waals surface area contributed by atoms with Gasteiger partial charge < -0.3 is 25.2 Å². The van der Waals surface area contributed by atoms with Gasteiger partial charge in [0.25, 0.3) is 0 Å². The lowest BCUT2D eigenvalue weighted by Gasteiger charge is -2.16. The highest BCUT2D eigenvalue weighted by Gasteiger charge is 2.22. The fraction of sp³-hybridized carbons (Fsp3) is 0.800. The van der Waals surface area contributed by atoms with E-state index in [1.165, 1.54) is 0 Å². The Balaban J connectivity index is 0. The zero-order valence-electron chi connectivity index (χ0n) is 8.15. The molecule has 10 nitrogen and oxygen atoms in total. The summed E-state index contributed by atoms with van der Waals surface area (Å²) in [4.78, 5) is 9.76. The van der Waals surface area contributed by atoms with Crippen LogP contribution in [-0.2, 0) is 31.1 Å². The summed E-state index contributed by atoms with van der Waals surface area (Å²) in [6, 6.07) is 0. The Bertz CT molecular complexity index is 245. The molecule has 0 rings (SSSR count). The fourth-order valence-corrected chi connectivity index (χ4v) is 0.864. The highest BCUT2D eigenvalue weighted by Crippen LogP contribution is 1.96. The largest absolute Gasteiger partial charge is 0.394 e. The first-order chi connectivity index (χ1) is 7.76. The number of carbonyl (C=O) groups excluding carboxylic acids is 1. The predicted molar refractivity (Wildman–Crippen MR) is 53.8 cm³/mol. The van der Waals surface area contributed by atoms with E-state index in [0.29, 0.717) is 0 Å². The Morgan fingerprint density at radius 3 is 1.71 bits per heavy atom. The molecule has 0 aromatic carbocycles. The Hall–Kier alpha value is -0.310. The molecule has 3 atom stereocenters. The summed E-state index contributed by atoms with van der Waals surface area (Å²) in [6.45, 7) is -0.688. The standard InChI is InChI=1S/C5H10O5.H2O5S2/c6-1-3(8)5(10)4(9)2-7;1-6(2)5-7(3)4/h1,3-5,7-10H,2H2;(H,1,2)(H,3,4)/t3-,4-,5+;/m1./s1. The van der Waals surface area contributed by atoms with Crippen molar-refractivity contribution in [3.05, 3.63) is 0 Å². The van der Waals surface area contributed by atoms with Gasteiger partial charge in [-0.05, 0) is 0 Å². The van der Waals surface area contributed by atoms with E-state index in [1.807, 2.05) is 0 Å². The first-order valence-electron chi connectivity index (χ1n) is 3.77. The van der Waals surface area contributed by atoms with Crippen LogP contribution >= 0.6 is 0 Å². The summed E-state index contributed by atoms with van der Waals surface area (Å²) >= 11 is -5.29. The molecule has 0 heterocycles. The van der Waals surface area contributed by atoms with Gasteiger partial charge in [0, 0.05) is 0 Å². The number of aliphatic hydroxyl groups is 4. The van der Waals surface area contributed by atoms with Crippen molar-refractivity contribution >= 4 is 29.0 Å². The lowest BCUT2D eigenvalue weighted by Crippen LogP contribution is -2.40. The topological polar surface area (TPSA) is 182 Å². The average molecular weight is 296 g/mol. The highest BCUT2D eigenvalue weighted by atomic mass is 32.3. The molecule has 0 aliphatic heterocycles. The third kappa shape index (κ3) is 11.9. The quantitative estimate of drug-likeness (QED) is 0.213. The fourth-order valence-electron chi connectivity index (χ4n) is 0.466. The van der Waals surface area contributed by atoms with Crippen molar-refractivity contribution in [2.75, 3.05) is 6.61 Å². The third-order valence-electron chi connectivity index (χ3n) is 1.19. The molecule has 0 aromatic rings. The van der Waals surface area contributed by atoms with E-state index < -0.39 is 47.6 Å². The lowest BCUT2D eigenvalue weighted by atomic mass is 10.1. The van der Waals surface area contributed by atoms with Gasteiger partial charge in [0.2, 0.25) is 0 Å². The summed E-state index contributed by atoms with van der Waals surface area (Å²) in [7, 11) is 0. The lowest BCUT2D eigenvalue weighted by molar-refractivity contribution is -0.127. The van der Waals surface area contributed by atoms with E-state index in [1.54, 1.807) is 0 Å². The van der Waals surface area contributed by atoms with Crippen LogP contribution in [0.15, 0.2) is 0 Å². The van der Waals surface area contributed by atoms with Gasteiger partial charge in [0.15, 0.2) is 6.29 Å². The van der Waals surface area contributed by atoms with Crippen molar-refractivity contribution in [3.63, 3.8) is 0 Å². The number of aliphatic hydroxyl groups excluding tert-OH is 4. The molecular weight excluding hydrogens is 284 g/mol. The predicted octanol–water partition coefficient (Wildman–Crippen LogP) is -3.46. The van der Waals surface area contributed by atoms with Crippen LogP contribution in [0, 0.1) is 0 Å². The van der Waals surface area contributed by atoms with Gasteiger partial charge in [-0.15, -0.1) is 3.63 Å². The van der Waals surface area contributed by atoms with E-state index >= 15 is 0 Å². The molecule has 0 aliphatic carbocycles. The Labute approximate surface area is 101 Å². The number of hydrogen-bond acceptors (Lipinski definition) is 8. The molecule has 0 spiro atoms. The second-order valence-electron chi connectivity index (χ2n) is 2.37. The van der Waals surface area contributed by atoms with Crippen molar-refractivity contribution in [2.45, 2.75) is 18.3 Å². The molecule has 0 saturated carbocycles. The van der Waals surface area contributed by atoms with Crippen LogP contribution < -0.4 is 0 Å². The summed E-state index contributed by atoms with van der Waals surface area (Å²) in [6.07, 6.45) is -4.63. The minimum Gasteiger partial charge on any atom is -0.394 e. The van der Waals surface area contributed by atoms with E-state index in [4.69, 9.17) is 29.5 Å². The Morgan fingerprint density at radius 2 is 1.53 bits per heavy atom. The minimum atomic E-state index is -2.65. The third-order valence-corrected chi connectivity index (χ3v) is 2.12. The second kappa shape index (κ2) is 10.8. The van der Waals surface area contributed by atoms with E-state index in [2.05, 4.69) is 3.63 Å². The van der Waals surface area contributed by atoms with Gasteiger partial charge in [0.1, 0.15) is 18.3 Å². The number of carbonyl (C=O) groups is 1. The molecule has 0 fully saturated rings. The first-order valence-corrected chi connectivity index (χ1v) is 5.83. The van der Waals surface area contributed by atoms with Crippen LogP contribution in [0.1, 0.15) is 0 Å². The van der Waals surface area contributed by atoms with Crippen molar-refractivity contribution < 1.29 is 46.4 Å². The summed E-state index contributed by atoms with van der Waals surface area (Å²) in [5.74, 6) is 0. The molecule has 0 amide bonds. The van der Waals surface area contributed by atoms with Gasteiger partial charge in [0.05, 0.1) is 6.61 Å². The summed E-state index contributed by atoms with van der Waals surface area (Å²) in [5, 5.41) is 34.1. The molecule has 0 bridgehead atoms. The molecular formula is C5H12O10S2. The van der Waals surface area contributed by atoms with Crippen LogP contribution in [0.3, 0.4) is 0 Å². The summed E-state index contributed by atoms with van der Waals surface area (Å²) < 4.78 is 37.2. The van der Waals surface area contributed by atoms with E-state index in [9.17, 15) is 13.2 Å². The van der Waals surface area contributed by atoms with Gasteiger partial charge in [-0.1, -0.05) is 0 Å². The molecule has 6 N–H and O–H groups in total. The molecule has 0 aliphatic rings. The zero-order valence-corrected chi connectivity index (χ0v) is 9.78. The molecule has 0 radical (unpaired) electrons. The zero-order chi connectivity index (χ0) is 14.0. The molecule has 0 unspecified atom stereocenters. The number of hydrogen-bond donors (Lipinski definition) is 6. The molecule has 0 saturated heterocycles. The molecule has 12 heteroatoms. The van der Waals surface area contributed by atoms with Gasteiger partial charge in [-0.25, -0.2) is 0 Å². The van der Waals surface area contributed by atoms with Crippen molar-refractivity contribution in [1.29, 1.82) is 0 Å². The van der Waals surface area contributed by atoms with Gasteiger partial charge in [-0.3, -0.25) is 9.11 Å². The normalized spacial score (nSPS) is 19.2. The van der Waals surface area contributed by atoms with Crippen molar-refractivity contribution in [3.8, 4) is 0 Å². The SMILES string of the molecule is O=C[C@@H](O)[C@H](O)[C@H](O)CO.O=S(O)OS(=O)O. The first kappa shape index (κ1) is 19.0. The number of rotatable bonds is 6. The molecule has 17 heavy (non-hydrogen) atoms. The highest BCUT2D eigenvalue weighted by molar-refractivity contribution is 7.87. The Morgan fingerprint density at radius 1 is 1.12 bits per heavy atom. The van der Waals surface area contributed by atoms with E-state index in [-0.39, 0.29) is 6.29 Å². The Kier molecular flexibility index (Phi) is 12.1. The smallest absolute Gasteiger partial charge is 0.317 e. The van der Waals surface area contributed by atoms with Crippen molar-refractivity contribution in [1.82, 2.24) is 0 Å². The number of aldehydes is 1.